The van der Waals surface area contributed by atoms with Crippen molar-refractivity contribution >= 4 is 0 Å². The Kier molecular flexibility index (Phi) is 10.5. The van der Waals surface area contributed by atoms with E-state index in [4.69, 9.17) is 0 Å². The third kappa shape index (κ3) is 9.77. The van der Waals surface area contributed by atoms with Crippen LogP contribution in [0.3, 0.4) is 0 Å². The van der Waals surface area contributed by atoms with E-state index in [1.807, 2.05) is 0 Å². The van der Waals surface area contributed by atoms with Crippen LogP contribution in [0.2, 0.25) is 0 Å². The van der Waals surface area contributed by atoms with E-state index in [9.17, 15) is 0 Å². The normalized spacial score (nSPS) is 31.7. The topological polar surface area (TPSA) is 3.24 Å². The van der Waals surface area contributed by atoms with E-state index in [2.05, 4.69) is 67.3 Å². The number of hydrogen-bond acceptors (Lipinski definition) is 1. The molecule has 0 amide bonds. The summed E-state index contributed by atoms with van der Waals surface area (Å²) in [7, 11) is 2.20. The summed E-state index contributed by atoms with van der Waals surface area (Å²) in [5.41, 5.74) is 1.94. The summed E-state index contributed by atoms with van der Waals surface area (Å²) >= 11 is 0. The third-order valence-corrected chi connectivity index (χ3v) is 7.35. The van der Waals surface area contributed by atoms with Crippen LogP contribution in [0.4, 0.5) is 0 Å². The highest BCUT2D eigenvalue weighted by Gasteiger charge is 2.30. The van der Waals surface area contributed by atoms with Crippen LogP contribution in [-0.4, -0.2) is 25.0 Å². The van der Waals surface area contributed by atoms with Crippen LogP contribution in [0.15, 0.2) is 0 Å². The van der Waals surface area contributed by atoms with E-state index in [-0.39, 0.29) is 7.43 Å². The van der Waals surface area contributed by atoms with Gasteiger partial charge in [-0.1, -0.05) is 82.1 Å². The van der Waals surface area contributed by atoms with Gasteiger partial charge in [0, 0.05) is 0 Å². The van der Waals surface area contributed by atoms with E-state index in [1.54, 1.807) is 0 Å². The number of hydrogen-bond donors (Lipinski definition) is 0. The first kappa shape index (κ1) is 26.0. The Balaban J connectivity index is 0.000000355. The highest BCUT2D eigenvalue weighted by molar-refractivity contribution is 4.81. The second-order valence-electron chi connectivity index (χ2n) is 11.8. The second kappa shape index (κ2) is 10.5. The lowest BCUT2D eigenvalue weighted by molar-refractivity contribution is 0.157. The monoisotopic (exact) mass is 367 g/mol. The van der Waals surface area contributed by atoms with Crippen LogP contribution in [0.5, 0.6) is 0 Å². The van der Waals surface area contributed by atoms with Gasteiger partial charge >= 0.3 is 0 Å². The summed E-state index contributed by atoms with van der Waals surface area (Å²) in [4.78, 5) is 2.41. The zero-order valence-electron chi connectivity index (χ0n) is 19.2. The van der Waals surface area contributed by atoms with Gasteiger partial charge in [-0.15, -0.1) is 0 Å². The van der Waals surface area contributed by atoms with Gasteiger partial charge in [0.15, 0.2) is 0 Å². The maximum atomic E-state index is 2.41. The number of rotatable bonds is 0. The van der Waals surface area contributed by atoms with Gasteiger partial charge in [0.05, 0.1) is 0 Å². The van der Waals surface area contributed by atoms with Crippen molar-refractivity contribution in [1.29, 1.82) is 0 Å². The van der Waals surface area contributed by atoms with Gasteiger partial charge < -0.3 is 4.90 Å². The van der Waals surface area contributed by atoms with Crippen molar-refractivity contribution in [3.63, 3.8) is 0 Å². The molecule has 1 saturated heterocycles. The molecule has 26 heavy (non-hydrogen) atoms. The van der Waals surface area contributed by atoms with Crippen molar-refractivity contribution in [3.8, 4) is 0 Å². The summed E-state index contributed by atoms with van der Waals surface area (Å²) in [6.07, 6.45) is 11.4. The zero-order chi connectivity index (χ0) is 19.3. The van der Waals surface area contributed by atoms with Gasteiger partial charge in [-0.2, -0.15) is 0 Å². The molecule has 0 aromatic carbocycles. The molecule has 2 atom stereocenters. The molecule has 0 N–H and O–H groups in total. The number of piperidine rings is 1. The van der Waals surface area contributed by atoms with Crippen molar-refractivity contribution in [1.82, 2.24) is 4.90 Å². The van der Waals surface area contributed by atoms with Crippen molar-refractivity contribution in [2.24, 2.45) is 28.1 Å². The molecule has 0 bridgehead atoms. The fraction of sp³-hybridized carbons (Fsp3) is 1.00. The average molecular weight is 368 g/mol. The van der Waals surface area contributed by atoms with Gasteiger partial charge in [-0.25, -0.2) is 0 Å². The predicted octanol–water partition coefficient (Wildman–Crippen LogP) is 8.04. The Morgan fingerprint density at radius 1 is 0.731 bits per heavy atom. The first-order valence-corrected chi connectivity index (χ1v) is 11.0. The molecule has 1 nitrogen and oxygen atoms in total. The van der Waals surface area contributed by atoms with Crippen LogP contribution < -0.4 is 0 Å². The minimum atomic E-state index is 0. The number of nitrogens with zero attached hydrogens (tertiary/aromatic N) is 1. The Labute approximate surface area is 167 Å². The fourth-order valence-electron chi connectivity index (χ4n) is 4.51. The molecule has 1 heteroatoms. The quantitative estimate of drug-likeness (QED) is 0.418. The minimum absolute atomic E-state index is 0. The predicted molar refractivity (Wildman–Crippen MR) is 121 cm³/mol. The molecule has 3 aliphatic rings. The van der Waals surface area contributed by atoms with Crippen LogP contribution in [0.1, 0.15) is 114 Å². The highest BCUT2D eigenvalue weighted by atomic mass is 15.1. The first-order chi connectivity index (χ1) is 11.3. The maximum absolute atomic E-state index is 2.41. The Morgan fingerprint density at radius 2 is 1.27 bits per heavy atom. The lowest BCUT2D eigenvalue weighted by Gasteiger charge is -2.34. The third-order valence-electron chi connectivity index (χ3n) is 7.35. The van der Waals surface area contributed by atoms with E-state index in [1.165, 1.54) is 64.5 Å². The van der Waals surface area contributed by atoms with Gasteiger partial charge in [0.25, 0.3) is 0 Å². The number of likely N-dealkylation sites (tertiary alicyclic amines) is 1. The maximum Gasteiger partial charge on any atom is -0.00167 e. The van der Waals surface area contributed by atoms with Crippen molar-refractivity contribution in [2.45, 2.75) is 114 Å². The summed E-state index contributed by atoms with van der Waals surface area (Å²) in [6, 6.07) is 0. The zero-order valence-corrected chi connectivity index (χ0v) is 19.2. The molecule has 2 unspecified atom stereocenters. The lowest BCUT2D eigenvalue weighted by Crippen LogP contribution is -2.34. The SMILES string of the molecule is C.CC1CCC(C)(C)C1.CC1CCCC1(C)C.CN1CCC(C)(C)CC1. The van der Waals surface area contributed by atoms with Crippen LogP contribution in [-0.2, 0) is 0 Å². The molecule has 158 valence electrons. The smallest absolute Gasteiger partial charge is 0.00167 e. The molecule has 1 aliphatic heterocycles. The summed E-state index contributed by atoms with van der Waals surface area (Å²) in [5, 5.41) is 0. The van der Waals surface area contributed by atoms with Crippen LogP contribution in [0, 0.1) is 28.1 Å². The molecular weight excluding hydrogens is 314 g/mol. The molecule has 3 fully saturated rings. The lowest BCUT2D eigenvalue weighted by atomic mass is 9.83. The van der Waals surface area contributed by atoms with Gasteiger partial charge in [-0.05, 0) is 80.3 Å². The molecule has 1 heterocycles. The second-order valence-corrected chi connectivity index (χ2v) is 11.8. The van der Waals surface area contributed by atoms with Gasteiger partial charge in [0.1, 0.15) is 0 Å². The molecule has 0 radical (unpaired) electrons. The summed E-state index contributed by atoms with van der Waals surface area (Å²) < 4.78 is 0. The van der Waals surface area contributed by atoms with Crippen LogP contribution in [0.25, 0.3) is 0 Å². The molecule has 3 rings (SSSR count). The van der Waals surface area contributed by atoms with Crippen molar-refractivity contribution in [2.75, 3.05) is 20.1 Å². The Hall–Kier alpha value is -0.0400. The summed E-state index contributed by atoms with van der Waals surface area (Å²) in [5.74, 6) is 1.95. The molecule has 0 spiro atoms. The summed E-state index contributed by atoms with van der Waals surface area (Å²) in [6.45, 7) is 21.5. The van der Waals surface area contributed by atoms with E-state index >= 15 is 0 Å². The molecular formula is C25H53N. The van der Waals surface area contributed by atoms with E-state index in [0.717, 1.165) is 11.8 Å². The molecule has 0 aromatic heterocycles. The first-order valence-electron chi connectivity index (χ1n) is 11.0. The standard InChI is InChI=1S/C8H17N.2C8H16.CH4/c1-8(2)4-6-9(3)7-5-8;1-7-4-5-8(2,3)6-7;1-7-5-4-6-8(7,2)3;/h4-7H2,1-3H3;2*7H,4-6H2,1-3H3;1H4. The van der Waals surface area contributed by atoms with Crippen molar-refractivity contribution < 1.29 is 0 Å². The van der Waals surface area contributed by atoms with Gasteiger partial charge in [0.2, 0.25) is 0 Å². The Morgan fingerprint density at radius 3 is 1.46 bits per heavy atom. The minimum Gasteiger partial charge on any atom is -0.306 e. The fourth-order valence-corrected chi connectivity index (χ4v) is 4.51. The highest BCUT2D eigenvalue weighted by Crippen LogP contribution is 2.42. The molecule has 0 aromatic rings. The van der Waals surface area contributed by atoms with Gasteiger partial charge in [-0.3, -0.25) is 0 Å². The van der Waals surface area contributed by atoms with Crippen molar-refractivity contribution in [3.05, 3.63) is 0 Å². The van der Waals surface area contributed by atoms with E-state index < -0.39 is 0 Å². The Bertz CT molecular complexity index is 370. The van der Waals surface area contributed by atoms with Crippen LogP contribution >= 0.6 is 0 Å². The molecule has 2 aliphatic carbocycles. The molecule has 2 saturated carbocycles. The largest absolute Gasteiger partial charge is 0.306 e. The average Bonchev–Trinajstić information content (AvgIpc) is 2.96. The van der Waals surface area contributed by atoms with E-state index in [0.29, 0.717) is 16.2 Å².